The Morgan fingerprint density at radius 1 is 1.10 bits per heavy atom. The number of H-pyrrole nitrogens is 1. The lowest BCUT2D eigenvalue weighted by atomic mass is 10.1. The van der Waals surface area contributed by atoms with Crippen molar-refractivity contribution in [1.82, 2.24) is 19.7 Å². The molecular formula is C22H16N4O2S. The summed E-state index contributed by atoms with van der Waals surface area (Å²) in [6, 6.07) is 19.7. The number of aromatic amines is 1. The van der Waals surface area contributed by atoms with Gasteiger partial charge in [-0.25, -0.2) is 4.79 Å². The van der Waals surface area contributed by atoms with E-state index in [4.69, 9.17) is 5.10 Å². The summed E-state index contributed by atoms with van der Waals surface area (Å²) in [5, 5.41) is 15.2. The zero-order chi connectivity index (χ0) is 20.0. The maximum atomic E-state index is 11.5. The maximum absolute atomic E-state index is 11.5. The standard InChI is InChI=1S/C22H16N4O2S/c1-26-21(17-12-16-19(24-17)15(22(27)28)10-11-23-16)14-8-5-9-18(20(14)25-26)29-13-6-3-2-4-7-13/h2-12,24H,1H3,(H,27,28). The monoisotopic (exact) mass is 400 g/mol. The van der Waals surface area contributed by atoms with Gasteiger partial charge in [-0.3, -0.25) is 9.67 Å². The summed E-state index contributed by atoms with van der Waals surface area (Å²) in [5.74, 6) is -0.984. The van der Waals surface area contributed by atoms with Crippen LogP contribution in [0.5, 0.6) is 0 Å². The smallest absolute Gasteiger partial charge is 0.337 e. The lowest BCUT2D eigenvalue weighted by Gasteiger charge is -2.02. The fourth-order valence-corrected chi connectivity index (χ4v) is 4.48. The lowest BCUT2D eigenvalue weighted by molar-refractivity contribution is 0.0698. The third-order valence-corrected chi connectivity index (χ3v) is 5.86. The quantitative estimate of drug-likeness (QED) is 0.445. The second kappa shape index (κ2) is 6.79. The van der Waals surface area contributed by atoms with Gasteiger partial charge < -0.3 is 10.1 Å². The van der Waals surface area contributed by atoms with Crippen LogP contribution in [0.1, 0.15) is 10.4 Å². The maximum Gasteiger partial charge on any atom is 0.337 e. The average Bonchev–Trinajstić information content (AvgIpc) is 3.28. The van der Waals surface area contributed by atoms with Crippen LogP contribution in [-0.2, 0) is 7.05 Å². The SMILES string of the molecule is Cn1nc2c(Sc3ccccc3)cccc2c1-c1cc2nccc(C(=O)O)c2[nH]1. The predicted octanol–water partition coefficient (Wildman–Crippen LogP) is 4.97. The molecule has 0 aliphatic carbocycles. The number of carbonyl (C=O) groups is 1. The van der Waals surface area contributed by atoms with Gasteiger partial charge in [0.1, 0.15) is 5.52 Å². The Bertz CT molecular complexity index is 1370. The van der Waals surface area contributed by atoms with Crippen LogP contribution in [0.4, 0.5) is 0 Å². The molecule has 3 heterocycles. The summed E-state index contributed by atoms with van der Waals surface area (Å²) in [6.07, 6.45) is 1.51. The van der Waals surface area contributed by atoms with Crippen LogP contribution >= 0.6 is 11.8 Å². The molecule has 0 atom stereocenters. The van der Waals surface area contributed by atoms with Crippen LogP contribution < -0.4 is 0 Å². The van der Waals surface area contributed by atoms with E-state index in [-0.39, 0.29) is 5.56 Å². The zero-order valence-corrected chi connectivity index (χ0v) is 16.3. The highest BCUT2D eigenvalue weighted by Gasteiger charge is 2.18. The molecule has 29 heavy (non-hydrogen) atoms. The Morgan fingerprint density at radius 3 is 2.72 bits per heavy atom. The molecule has 142 valence electrons. The number of carboxylic acid groups (broad SMARTS) is 1. The van der Waals surface area contributed by atoms with Gasteiger partial charge in [0.2, 0.25) is 0 Å². The van der Waals surface area contributed by atoms with Gasteiger partial charge in [-0.1, -0.05) is 42.1 Å². The number of carboxylic acids is 1. The van der Waals surface area contributed by atoms with E-state index < -0.39 is 5.97 Å². The molecule has 0 saturated carbocycles. The first-order valence-electron chi connectivity index (χ1n) is 9.02. The molecule has 5 rings (SSSR count). The van der Waals surface area contributed by atoms with Crippen LogP contribution in [0.3, 0.4) is 0 Å². The molecule has 0 amide bonds. The van der Waals surface area contributed by atoms with E-state index >= 15 is 0 Å². The van der Waals surface area contributed by atoms with Crippen LogP contribution in [0, 0.1) is 0 Å². The molecular weight excluding hydrogens is 384 g/mol. The Hall–Kier alpha value is -3.58. The minimum Gasteiger partial charge on any atom is -0.478 e. The van der Waals surface area contributed by atoms with Gasteiger partial charge in [0.25, 0.3) is 0 Å². The molecule has 3 aromatic heterocycles. The molecule has 0 radical (unpaired) electrons. The van der Waals surface area contributed by atoms with Gasteiger partial charge in [-0.2, -0.15) is 5.10 Å². The van der Waals surface area contributed by atoms with Gasteiger partial charge in [0.05, 0.1) is 28.0 Å². The van der Waals surface area contributed by atoms with E-state index in [0.29, 0.717) is 11.0 Å². The second-order valence-corrected chi connectivity index (χ2v) is 7.76. The van der Waals surface area contributed by atoms with Gasteiger partial charge in [0, 0.05) is 28.4 Å². The third kappa shape index (κ3) is 2.96. The van der Waals surface area contributed by atoms with Crippen molar-refractivity contribution in [2.45, 2.75) is 9.79 Å². The molecule has 0 saturated heterocycles. The normalized spacial score (nSPS) is 11.3. The Morgan fingerprint density at radius 2 is 1.93 bits per heavy atom. The Kier molecular flexibility index (Phi) is 4.10. The molecule has 2 aromatic carbocycles. The van der Waals surface area contributed by atoms with E-state index in [9.17, 15) is 9.90 Å². The minimum absolute atomic E-state index is 0.202. The van der Waals surface area contributed by atoms with Crippen LogP contribution in [0.25, 0.3) is 33.3 Å². The van der Waals surface area contributed by atoms with Crippen molar-refractivity contribution in [2.24, 2.45) is 7.05 Å². The first-order chi connectivity index (χ1) is 14.1. The molecule has 0 bridgehead atoms. The van der Waals surface area contributed by atoms with Crippen molar-refractivity contribution in [3.05, 3.63) is 72.4 Å². The number of hydrogen-bond acceptors (Lipinski definition) is 4. The molecule has 5 aromatic rings. The van der Waals surface area contributed by atoms with Gasteiger partial charge in [-0.05, 0) is 30.3 Å². The average molecular weight is 400 g/mol. The Labute approximate surface area is 170 Å². The summed E-state index contributed by atoms with van der Waals surface area (Å²) in [7, 11) is 1.89. The van der Waals surface area contributed by atoms with Crippen molar-refractivity contribution in [1.29, 1.82) is 0 Å². The predicted molar refractivity (Wildman–Crippen MR) is 113 cm³/mol. The molecule has 0 unspecified atom stereocenters. The zero-order valence-electron chi connectivity index (χ0n) is 15.5. The summed E-state index contributed by atoms with van der Waals surface area (Å²) < 4.78 is 1.82. The van der Waals surface area contributed by atoms with Crippen molar-refractivity contribution in [2.75, 3.05) is 0 Å². The van der Waals surface area contributed by atoms with Gasteiger partial charge in [0.15, 0.2) is 0 Å². The van der Waals surface area contributed by atoms with Crippen molar-refractivity contribution < 1.29 is 9.90 Å². The van der Waals surface area contributed by atoms with E-state index in [1.54, 1.807) is 11.8 Å². The van der Waals surface area contributed by atoms with E-state index in [0.717, 1.165) is 32.1 Å². The van der Waals surface area contributed by atoms with E-state index in [1.165, 1.54) is 12.3 Å². The summed E-state index contributed by atoms with van der Waals surface area (Å²) >= 11 is 1.67. The minimum atomic E-state index is -0.984. The van der Waals surface area contributed by atoms with Crippen molar-refractivity contribution in [3.8, 4) is 11.4 Å². The number of aromatic nitrogens is 4. The Balaban J connectivity index is 1.67. The number of pyridine rings is 1. The first kappa shape index (κ1) is 17.5. The number of nitrogens with one attached hydrogen (secondary N) is 1. The number of benzene rings is 2. The summed E-state index contributed by atoms with van der Waals surface area (Å²) in [4.78, 5) is 21.3. The summed E-state index contributed by atoms with van der Waals surface area (Å²) in [5.41, 5.74) is 3.91. The first-order valence-corrected chi connectivity index (χ1v) is 9.83. The van der Waals surface area contributed by atoms with E-state index in [1.807, 2.05) is 48.1 Å². The fraction of sp³-hybridized carbons (Fsp3) is 0.0455. The molecule has 7 heteroatoms. The summed E-state index contributed by atoms with van der Waals surface area (Å²) in [6.45, 7) is 0. The van der Waals surface area contributed by atoms with Gasteiger partial charge >= 0.3 is 5.97 Å². The molecule has 0 spiro atoms. The highest BCUT2D eigenvalue weighted by molar-refractivity contribution is 7.99. The largest absolute Gasteiger partial charge is 0.478 e. The third-order valence-electron chi connectivity index (χ3n) is 4.81. The fourth-order valence-electron chi connectivity index (χ4n) is 3.54. The molecule has 0 aliphatic rings. The van der Waals surface area contributed by atoms with Crippen LogP contribution in [-0.4, -0.2) is 30.8 Å². The number of hydrogen-bond donors (Lipinski definition) is 2. The molecule has 0 aliphatic heterocycles. The van der Waals surface area contributed by atoms with Crippen molar-refractivity contribution in [3.63, 3.8) is 0 Å². The molecule has 2 N–H and O–H groups in total. The topological polar surface area (TPSA) is 83.8 Å². The van der Waals surface area contributed by atoms with Crippen molar-refractivity contribution >= 4 is 39.7 Å². The number of fused-ring (bicyclic) bond motifs is 2. The second-order valence-electron chi connectivity index (χ2n) is 6.65. The van der Waals surface area contributed by atoms with E-state index in [2.05, 4.69) is 28.2 Å². The van der Waals surface area contributed by atoms with Gasteiger partial charge in [-0.15, -0.1) is 0 Å². The number of rotatable bonds is 4. The molecule has 0 fully saturated rings. The lowest BCUT2D eigenvalue weighted by Crippen LogP contribution is -1.98. The number of nitrogens with zero attached hydrogens (tertiary/aromatic N) is 3. The highest BCUT2D eigenvalue weighted by Crippen LogP contribution is 2.37. The van der Waals surface area contributed by atoms with Crippen LogP contribution in [0.15, 0.2) is 76.7 Å². The van der Waals surface area contributed by atoms with Crippen LogP contribution in [0.2, 0.25) is 0 Å². The number of aromatic carboxylic acids is 1. The highest BCUT2D eigenvalue weighted by atomic mass is 32.2. The number of aryl methyl sites for hydroxylation is 1. The molecule has 6 nitrogen and oxygen atoms in total.